The van der Waals surface area contributed by atoms with Crippen molar-refractivity contribution in [2.24, 2.45) is 0 Å². The summed E-state index contributed by atoms with van der Waals surface area (Å²) < 4.78 is 37.8. The zero-order chi connectivity index (χ0) is 12.0. The normalized spacial score (nSPS) is 14.0. The fourth-order valence-corrected chi connectivity index (χ4v) is 2.15. The molecule has 0 bridgehead atoms. The van der Waals surface area contributed by atoms with Crippen LogP contribution in [0.4, 0.5) is 13.2 Å². The molecular formula is C11H16F3NS. The van der Waals surface area contributed by atoms with Crippen LogP contribution < -0.4 is 5.32 Å². The van der Waals surface area contributed by atoms with Gasteiger partial charge in [0, 0.05) is 0 Å². The SMILES string of the molecule is CCCNC(CCc1ccsc1)C(F)(F)F. The molecule has 0 aliphatic heterocycles. The molecule has 0 aliphatic carbocycles. The van der Waals surface area contributed by atoms with Crippen molar-refractivity contribution in [3.63, 3.8) is 0 Å². The summed E-state index contributed by atoms with van der Waals surface area (Å²) >= 11 is 1.51. The first kappa shape index (κ1) is 13.5. The molecule has 92 valence electrons. The number of aryl methyl sites for hydroxylation is 1. The van der Waals surface area contributed by atoms with Crippen LogP contribution in [0.5, 0.6) is 0 Å². The number of nitrogens with one attached hydrogen (secondary N) is 1. The third-order valence-corrected chi connectivity index (χ3v) is 3.07. The number of rotatable bonds is 6. The van der Waals surface area contributed by atoms with Crippen molar-refractivity contribution in [2.45, 2.75) is 38.4 Å². The second-order valence-corrected chi connectivity index (χ2v) is 4.50. The van der Waals surface area contributed by atoms with Crippen molar-refractivity contribution >= 4 is 11.3 Å². The summed E-state index contributed by atoms with van der Waals surface area (Å²) in [6, 6.07) is 0.491. The minimum Gasteiger partial charge on any atom is -0.306 e. The minimum absolute atomic E-state index is 0.111. The van der Waals surface area contributed by atoms with E-state index in [4.69, 9.17) is 0 Å². The molecule has 1 atom stereocenters. The molecule has 0 fully saturated rings. The minimum atomic E-state index is -4.15. The summed E-state index contributed by atoms with van der Waals surface area (Å²) in [4.78, 5) is 0. The van der Waals surface area contributed by atoms with E-state index < -0.39 is 12.2 Å². The molecule has 0 saturated heterocycles. The monoisotopic (exact) mass is 251 g/mol. The lowest BCUT2D eigenvalue weighted by molar-refractivity contribution is -0.157. The van der Waals surface area contributed by atoms with E-state index in [1.54, 1.807) is 0 Å². The standard InChI is InChI=1S/C11H16F3NS/c1-2-6-15-10(11(12,13)14)4-3-9-5-7-16-8-9/h5,7-8,10,15H,2-4,6H2,1H3. The number of halogens is 3. The van der Waals surface area contributed by atoms with E-state index >= 15 is 0 Å². The van der Waals surface area contributed by atoms with Crippen LogP contribution in [0.3, 0.4) is 0 Å². The third-order valence-electron chi connectivity index (χ3n) is 2.34. The van der Waals surface area contributed by atoms with Gasteiger partial charge >= 0.3 is 6.18 Å². The number of alkyl halides is 3. The maximum atomic E-state index is 12.6. The fourth-order valence-electron chi connectivity index (χ4n) is 1.45. The number of hydrogen-bond donors (Lipinski definition) is 1. The van der Waals surface area contributed by atoms with Crippen LogP contribution in [0, 0.1) is 0 Å². The zero-order valence-corrected chi connectivity index (χ0v) is 10.00. The van der Waals surface area contributed by atoms with Gasteiger partial charge in [-0.05, 0) is 48.2 Å². The van der Waals surface area contributed by atoms with Crippen LogP contribution in [0.1, 0.15) is 25.3 Å². The molecular weight excluding hydrogens is 235 g/mol. The Balaban J connectivity index is 2.44. The van der Waals surface area contributed by atoms with E-state index in [0.717, 1.165) is 5.56 Å². The van der Waals surface area contributed by atoms with Crippen molar-refractivity contribution in [1.29, 1.82) is 0 Å². The van der Waals surface area contributed by atoms with Crippen LogP contribution in [0.25, 0.3) is 0 Å². The highest BCUT2D eigenvalue weighted by atomic mass is 32.1. The van der Waals surface area contributed by atoms with Gasteiger partial charge in [-0.15, -0.1) is 0 Å². The van der Waals surface area contributed by atoms with Gasteiger partial charge in [-0.2, -0.15) is 24.5 Å². The lowest BCUT2D eigenvalue weighted by Crippen LogP contribution is -2.42. The first-order valence-electron chi connectivity index (χ1n) is 5.35. The molecule has 1 rings (SSSR count). The number of hydrogen-bond acceptors (Lipinski definition) is 2. The van der Waals surface area contributed by atoms with Crippen LogP contribution in [-0.2, 0) is 6.42 Å². The Kier molecular flexibility index (Phi) is 5.28. The molecule has 1 aromatic rings. The van der Waals surface area contributed by atoms with E-state index in [9.17, 15) is 13.2 Å². The molecule has 1 heterocycles. The quantitative estimate of drug-likeness (QED) is 0.814. The van der Waals surface area contributed by atoms with Crippen molar-refractivity contribution < 1.29 is 13.2 Å². The third kappa shape index (κ3) is 4.53. The Morgan fingerprint density at radius 1 is 1.44 bits per heavy atom. The molecule has 5 heteroatoms. The maximum Gasteiger partial charge on any atom is 0.403 e. The first-order chi connectivity index (χ1) is 7.54. The highest BCUT2D eigenvalue weighted by molar-refractivity contribution is 7.07. The number of thiophene rings is 1. The average molecular weight is 251 g/mol. The Morgan fingerprint density at radius 2 is 2.19 bits per heavy atom. The van der Waals surface area contributed by atoms with Crippen LogP contribution in [-0.4, -0.2) is 18.8 Å². The largest absolute Gasteiger partial charge is 0.403 e. The van der Waals surface area contributed by atoms with E-state index in [2.05, 4.69) is 5.32 Å². The van der Waals surface area contributed by atoms with E-state index in [1.165, 1.54) is 11.3 Å². The molecule has 0 saturated carbocycles. The summed E-state index contributed by atoms with van der Waals surface area (Å²) in [7, 11) is 0. The van der Waals surface area contributed by atoms with E-state index in [-0.39, 0.29) is 6.42 Å². The molecule has 0 aliphatic rings. The van der Waals surface area contributed by atoms with Gasteiger partial charge in [0.15, 0.2) is 0 Å². The van der Waals surface area contributed by atoms with Crippen molar-refractivity contribution in [2.75, 3.05) is 6.54 Å². The Labute approximate surface area is 97.7 Å². The smallest absolute Gasteiger partial charge is 0.306 e. The first-order valence-corrected chi connectivity index (χ1v) is 6.29. The molecule has 1 unspecified atom stereocenters. The lowest BCUT2D eigenvalue weighted by Gasteiger charge is -2.21. The highest BCUT2D eigenvalue weighted by Gasteiger charge is 2.38. The predicted octanol–water partition coefficient (Wildman–Crippen LogP) is 3.61. The maximum absolute atomic E-state index is 12.6. The average Bonchev–Trinajstić information content (AvgIpc) is 2.68. The molecule has 1 N–H and O–H groups in total. The second-order valence-electron chi connectivity index (χ2n) is 3.72. The van der Waals surface area contributed by atoms with Gasteiger partial charge in [-0.1, -0.05) is 6.92 Å². The van der Waals surface area contributed by atoms with Crippen LogP contribution >= 0.6 is 11.3 Å². The lowest BCUT2D eigenvalue weighted by atomic mass is 10.1. The van der Waals surface area contributed by atoms with Gasteiger partial charge in [-0.25, -0.2) is 0 Å². The summed E-state index contributed by atoms with van der Waals surface area (Å²) in [5.74, 6) is 0. The predicted molar refractivity (Wildman–Crippen MR) is 60.8 cm³/mol. The Bertz CT molecular complexity index is 282. The summed E-state index contributed by atoms with van der Waals surface area (Å²) in [6.07, 6.45) is -2.85. The molecule has 0 aromatic carbocycles. The van der Waals surface area contributed by atoms with Gasteiger partial charge in [0.2, 0.25) is 0 Å². The van der Waals surface area contributed by atoms with Crippen LogP contribution in [0.2, 0.25) is 0 Å². The second kappa shape index (κ2) is 6.25. The van der Waals surface area contributed by atoms with Crippen molar-refractivity contribution in [3.8, 4) is 0 Å². The van der Waals surface area contributed by atoms with E-state index in [1.807, 2.05) is 23.8 Å². The Morgan fingerprint density at radius 3 is 2.69 bits per heavy atom. The summed E-state index contributed by atoms with van der Waals surface area (Å²) in [5.41, 5.74) is 0.984. The van der Waals surface area contributed by atoms with Gasteiger partial charge < -0.3 is 5.32 Å². The van der Waals surface area contributed by atoms with Gasteiger partial charge in [0.05, 0.1) is 0 Å². The molecule has 0 radical (unpaired) electrons. The van der Waals surface area contributed by atoms with Crippen molar-refractivity contribution in [1.82, 2.24) is 5.32 Å². The molecule has 0 amide bonds. The summed E-state index contributed by atoms with van der Waals surface area (Å²) in [6.45, 7) is 2.27. The molecule has 1 nitrogen and oxygen atoms in total. The van der Waals surface area contributed by atoms with Gasteiger partial charge in [0.1, 0.15) is 6.04 Å². The van der Waals surface area contributed by atoms with Gasteiger partial charge in [0.25, 0.3) is 0 Å². The molecule has 0 spiro atoms. The Hall–Kier alpha value is -0.550. The zero-order valence-electron chi connectivity index (χ0n) is 9.18. The highest BCUT2D eigenvalue weighted by Crippen LogP contribution is 2.24. The topological polar surface area (TPSA) is 12.0 Å². The van der Waals surface area contributed by atoms with Crippen LogP contribution in [0.15, 0.2) is 16.8 Å². The summed E-state index contributed by atoms with van der Waals surface area (Å²) in [5, 5.41) is 6.33. The molecule has 16 heavy (non-hydrogen) atoms. The fraction of sp³-hybridized carbons (Fsp3) is 0.636. The van der Waals surface area contributed by atoms with E-state index in [0.29, 0.717) is 19.4 Å². The van der Waals surface area contributed by atoms with Crippen molar-refractivity contribution in [3.05, 3.63) is 22.4 Å². The van der Waals surface area contributed by atoms with Gasteiger partial charge in [-0.3, -0.25) is 0 Å². The molecule has 1 aromatic heterocycles.